The summed E-state index contributed by atoms with van der Waals surface area (Å²) in [6, 6.07) is 0. The molecule has 5 nitrogen and oxygen atoms in total. The fourth-order valence-electron chi connectivity index (χ4n) is 4.69. The van der Waals surface area contributed by atoms with E-state index in [9.17, 15) is 15.0 Å². The highest BCUT2D eigenvalue weighted by Gasteiger charge is 2.43. The molecule has 1 unspecified atom stereocenters. The zero-order chi connectivity index (χ0) is 19.8. The number of aliphatic hydroxyl groups excluding tert-OH is 3. The number of ketones is 1. The predicted octanol–water partition coefficient (Wildman–Crippen LogP) is 4.76. The molecule has 0 aromatic heterocycles. The number of hydrogen-bond donors (Lipinski definition) is 3. The van der Waals surface area contributed by atoms with Crippen LogP contribution in [0.25, 0.3) is 0 Å². The first-order valence-electron chi connectivity index (χ1n) is 10.5. The highest BCUT2D eigenvalue weighted by atomic mass is 16.5. The lowest BCUT2D eigenvalue weighted by Gasteiger charge is -2.17. The Bertz CT molecular complexity index is 539. The van der Waals surface area contributed by atoms with E-state index in [1.54, 1.807) is 0 Å². The molecule has 0 aromatic carbocycles. The molecule has 4 atom stereocenters. The first-order valence-corrected chi connectivity index (χ1v) is 10.5. The molecule has 0 aromatic rings. The van der Waals surface area contributed by atoms with Gasteiger partial charge in [-0.1, -0.05) is 38.3 Å². The Balaban J connectivity index is 1.71. The number of carbonyl (C=O) groups excluding carboxylic acids is 1. The molecule has 3 N–H and O–H groups in total. The number of carbonyl (C=O) groups is 1. The van der Waals surface area contributed by atoms with E-state index < -0.39 is 18.1 Å². The molecule has 5 heteroatoms. The molecule has 154 valence electrons. The van der Waals surface area contributed by atoms with Gasteiger partial charge in [0.05, 0.1) is 12.2 Å². The van der Waals surface area contributed by atoms with Gasteiger partial charge in [-0.25, -0.2) is 0 Å². The van der Waals surface area contributed by atoms with Crippen molar-refractivity contribution in [2.24, 2.45) is 11.8 Å². The van der Waals surface area contributed by atoms with E-state index >= 15 is 0 Å². The van der Waals surface area contributed by atoms with Gasteiger partial charge in [-0.05, 0) is 56.8 Å². The van der Waals surface area contributed by atoms with Crippen molar-refractivity contribution >= 4 is 5.78 Å². The highest BCUT2D eigenvalue weighted by Crippen LogP contribution is 2.46. The number of aliphatic hydroxyl groups is 3. The third-order valence-corrected chi connectivity index (χ3v) is 6.15. The van der Waals surface area contributed by atoms with E-state index in [-0.39, 0.29) is 18.3 Å². The van der Waals surface area contributed by atoms with Crippen molar-refractivity contribution < 1.29 is 24.9 Å². The van der Waals surface area contributed by atoms with Gasteiger partial charge in [0, 0.05) is 6.42 Å². The molecule has 2 aliphatic rings. The Kier molecular flexibility index (Phi) is 8.84. The second-order valence-electron chi connectivity index (χ2n) is 8.19. The number of Topliss-reactive ketones (excluding diaryl/α,β-unsaturated/α-hetero) is 1. The molecule has 0 radical (unpaired) electrons. The summed E-state index contributed by atoms with van der Waals surface area (Å²) in [5.41, 5.74) is 1.38. The topological polar surface area (TPSA) is 87.0 Å². The van der Waals surface area contributed by atoms with Gasteiger partial charge in [0.25, 0.3) is 0 Å². The maximum Gasteiger partial charge on any atom is 0.225 e. The van der Waals surface area contributed by atoms with Gasteiger partial charge in [0.1, 0.15) is 12.4 Å². The molecule has 27 heavy (non-hydrogen) atoms. The molecule has 1 saturated carbocycles. The van der Waals surface area contributed by atoms with Gasteiger partial charge >= 0.3 is 0 Å². The molecule has 1 heterocycles. The molecular weight excluding hydrogens is 344 g/mol. The van der Waals surface area contributed by atoms with Crippen LogP contribution in [0.1, 0.15) is 77.6 Å². The Labute approximate surface area is 163 Å². The number of unbranched alkanes of at least 4 members (excludes halogenated alkanes) is 1. The van der Waals surface area contributed by atoms with Crippen LogP contribution in [0.4, 0.5) is 0 Å². The van der Waals surface area contributed by atoms with Crippen LogP contribution in [-0.2, 0) is 9.53 Å². The minimum absolute atomic E-state index is 0.0753. The van der Waals surface area contributed by atoms with Crippen LogP contribution in [0.15, 0.2) is 23.7 Å². The summed E-state index contributed by atoms with van der Waals surface area (Å²) in [6.45, 7) is 5.54. The lowest BCUT2D eigenvalue weighted by molar-refractivity contribution is -0.120. The summed E-state index contributed by atoms with van der Waals surface area (Å²) < 4.78 is 6.15. The van der Waals surface area contributed by atoms with E-state index in [1.807, 2.05) is 0 Å². The van der Waals surface area contributed by atoms with E-state index in [1.165, 1.54) is 37.7 Å². The van der Waals surface area contributed by atoms with E-state index in [4.69, 9.17) is 9.84 Å². The van der Waals surface area contributed by atoms with Crippen molar-refractivity contribution in [3.8, 4) is 0 Å². The highest BCUT2D eigenvalue weighted by molar-refractivity contribution is 5.94. The first-order chi connectivity index (χ1) is 13.0. The summed E-state index contributed by atoms with van der Waals surface area (Å²) >= 11 is 0. The van der Waals surface area contributed by atoms with Gasteiger partial charge in [0.15, 0.2) is 5.76 Å². The number of rotatable bonds is 12. The molecule has 1 aliphatic carbocycles. The fourth-order valence-corrected chi connectivity index (χ4v) is 4.69. The van der Waals surface area contributed by atoms with Crippen LogP contribution < -0.4 is 0 Å². The van der Waals surface area contributed by atoms with Crippen molar-refractivity contribution in [1.82, 2.24) is 0 Å². The van der Waals surface area contributed by atoms with E-state index in [0.717, 1.165) is 31.6 Å². The maximum atomic E-state index is 11.2. The average Bonchev–Trinajstić information content (AvgIpc) is 3.23. The van der Waals surface area contributed by atoms with Crippen molar-refractivity contribution in [3.63, 3.8) is 0 Å². The summed E-state index contributed by atoms with van der Waals surface area (Å²) in [4.78, 5) is 11.2. The monoisotopic (exact) mass is 380 g/mol. The zero-order valence-corrected chi connectivity index (χ0v) is 16.7. The number of allylic oxidation sites excluding steroid dienone is 2. The Morgan fingerprint density at radius 3 is 2.59 bits per heavy atom. The normalized spacial score (nSPS) is 28.1. The summed E-state index contributed by atoms with van der Waals surface area (Å²) in [5, 5.41) is 28.1. The van der Waals surface area contributed by atoms with Crippen LogP contribution >= 0.6 is 0 Å². The van der Waals surface area contributed by atoms with E-state index in [2.05, 4.69) is 13.5 Å². The number of ether oxygens (including phenoxy) is 1. The molecular formula is C22H36O5. The molecule has 1 saturated heterocycles. The van der Waals surface area contributed by atoms with E-state index in [0.29, 0.717) is 18.4 Å². The lowest BCUT2D eigenvalue weighted by Crippen LogP contribution is -2.13. The minimum Gasteiger partial charge on any atom is -0.508 e. The van der Waals surface area contributed by atoms with Gasteiger partial charge in [-0.2, -0.15) is 0 Å². The molecule has 0 spiro atoms. The Morgan fingerprint density at radius 1 is 1.11 bits per heavy atom. The van der Waals surface area contributed by atoms with Gasteiger partial charge < -0.3 is 20.1 Å². The SMILES string of the molecule is C=C(CCC)CCCC[C@H]1CC[C@@H]2OC(CCC(O)=C(O)C(=O)CO)C[C@H]12. The second-order valence-corrected chi connectivity index (χ2v) is 8.19. The summed E-state index contributed by atoms with van der Waals surface area (Å²) in [7, 11) is 0. The first kappa shape index (κ1) is 22.0. The smallest absolute Gasteiger partial charge is 0.225 e. The van der Waals surface area contributed by atoms with Gasteiger partial charge in [-0.3, -0.25) is 4.79 Å². The van der Waals surface area contributed by atoms with Gasteiger partial charge in [0.2, 0.25) is 5.78 Å². The molecule has 1 aliphatic heterocycles. The van der Waals surface area contributed by atoms with Crippen molar-refractivity contribution in [2.45, 2.75) is 89.8 Å². The quantitative estimate of drug-likeness (QED) is 0.197. The average molecular weight is 381 g/mol. The molecule has 0 bridgehead atoms. The standard InChI is InChI=1S/C22H36O5/c1-3-6-15(2)7-4-5-8-16-9-12-21-18(16)13-17(27-21)10-11-19(24)22(26)20(25)14-23/h16-18,21,23-24,26H,2-14H2,1H3/t16-,17?,18+,21-/m0/s1. The largest absolute Gasteiger partial charge is 0.508 e. The number of hydrogen-bond acceptors (Lipinski definition) is 5. The fraction of sp³-hybridized carbons (Fsp3) is 0.773. The van der Waals surface area contributed by atoms with Crippen LogP contribution in [0.2, 0.25) is 0 Å². The van der Waals surface area contributed by atoms with Crippen molar-refractivity contribution in [3.05, 3.63) is 23.7 Å². The predicted molar refractivity (Wildman–Crippen MR) is 106 cm³/mol. The summed E-state index contributed by atoms with van der Waals surface area (Å²) in [5.74, 6) is -0.587. The Hall–Kier alpha value is -1.33. The van der Waals surface area contributed by atoms with Crippen LogP contribution in [-0.4, -0.2) is 39.9 Å². The van der Waals surface area contributed by atoms with Gasteiger partial charge in [-0.15, -0.1) is 0 Å². The third-order valence-electron chi connectivity index (χ3n) is 6.15. The zero-order valence-electron chi connectivity index (χ0n) is 16.7. The summed E-state index contributed by atoms with van der Waals surface area (Å²) in [6.07, 6.45) is 11.8. The second kappa shape index (κ2) is 10.9. The number of fused-ring (bicyclic) bond motifs is 1. The Morgan fingerprint density at radius 2 is 1.89 bits per heavy atom. The van der Waals surface area contributed by atoms with Crippen LogP contribution in [0, 0.1) is 11.8 Å². The van der Waals surface area contributed by atoms with Crippen LogP contribution in [0.3, 0.4) is 0 Å². The van der Waals surface area contributed by atoms with Crippen molar-refractivity contribution in [1.29, 1.82) is 0 Å². The molecule has 0 amide bonds. The van der Waals surface area contributed by atoms with Crippen molar-refractivity contribution in [2.75, 3.05) is 6.61 Å². The molecule has 2 fully saturated rings. The van der Waals surface area contributed by atoms with Crippen LogP contribution in [0.5, 0.6) is 0 Å². The third kappa shape index (κ3) is 6.35. The maximum absolute atomic E-state index is 11.2. The minimum atomic E-state index is -0.849. The molecule has 2 rings (SSSR count). The lowest BCUT2D eigenvalue weighted by atomic mass is 9.86.